The number of nitrogens with zero attached hydrogens (tertiary/aromatic N) is 2. The molecule has 40 heavy (non-hydrogen) atoms. The lowest BCUT2D eigenvalue weighted by molar-refractivity contribution is -0.144. The van der Waals surface area contributed by atoms with Crippen molar-refractivity contribution < 1.29 is 40.7 Å². The second kappa shape index (κ2) is 9.84. The highest BCUT2D eigenvalue weighted by Crippen LogP contribution is 2.42. The fourth-order valence-electron chi connectivity index (χ4n) is 5.45. The van der Waals surface area contributed by atoms with E-state index in [4.69, 9.17) is 4.74 Å². The molecule has 5 rings (SSSR count). The summed E-state index contributed by atoms with van der Waals surface area (Å²) >= 11 is 0. The smallest absolute Gasteiger partial charge is 0.420 e. The van der Waals surface area contributed by atoms with E-state index in [-0.39, 0.29) is 30.1 Å². The zero-order chi connectivity index (χ0) is 29.0. The first-order valence-corrected chi connectivity index (χ1v) is 12.9. The van der Waals surface area contributed by atoms with E-state index >= 15 is 0 Å². The van der Waals surface area contributed by atoms with Gasteiger partial charge in [-0.05, 0) is 69.9 Å². The van der Waals surface area contributed by atoms with Crippen molar-refractivity contribution >= 4 is 17.6 Å². The molecule has 3 fully saturated rings. The Labute approximate surface area is 226 Å². The Hall–Kier alpha value is -3.51. The van der Waals surface area contributed by atoms with Crippen LogP contribution in [0.15, 0.2) is 36.5 Å². The monoisotopic (exact) mass is 570 g/mol. The van der Waals surface area contributed by atoms with Gasteiger partial charge in [-0.25, -0.2) is 18.2 Å². The van der Waals surface area contributed by atoms with Gasteiger partial charge in [-0.2, -0.15) is 13.2 Å². The molecule has 216 valence electrons. The van der Waals surface area contributed by atoms with Crippen molar-refractivity contribution in [1.29, 1.82) is 0 Å². The second-order valence-corrected chi connectivity index (χ2v) is 11.1. The van der Waals surface area contributed by atoms with Crippen molar-refractivity contribution in [3.8, 4) is 5.75 Å². The molecule has 7 nitrogen and oxygen atoms in total. The molecule has 1 saturated carbocycles. The van der Waals surface area contributed by atoms with Crippen LogP contribution in [0.5, 0.6) is 5.75 Å². The first-order chi connectivity index (χ1) is 18.6. The maximum absolute atomic E-state index is 13.5. The van der Waals surface area contributed by atoms with Crippen molar-refractivity contribution in [2.24, 2.45) is 0 Å². The van der Waals surface area contributed by atoms with E-state index in [1.165, 1.54) is 26.1 Å². The van der Waals surface area contributed by atoms with E-state index in [1.54, 1.807) is 6.07 Å². The summed E-state index contributed by atoms with van der Waals surface area (Å²) in [6.07, 6.45) is -1.10. The molecule has 1 aromatic heterocycles. The number of pyridine rings is 1. The quantitative estimate of drug-likeness (QED) is 0.466. The Morgan fingerprint density at radius 1 is 1.05 bits per heavy atom. The first kappa shape index (κ1) is 28.0. The molecule has 2 bridgehead atoms. The molecule has 2 amide bonds. The van der Waals surface area contributed by atoms with Crippen molar-refractivity contribution in [3.63, 3.8) is 0 Å². The third kappa shape index (κ3) is 5.68. The van der Waals surface area contributed by atoms with E-state index in [0.717, 1.165) is 25.0 Å². The lowest BCUT2D eigenvalue weighted by Gasteiger charge is -2.41. The van der Waals surface area contributed by atoms with Gasteiger partial charge in [0.15, 0.2) is 5.60 Å². The van der Waals surface area contributed by atoms with Gasteiger partial charge in [-0.1, -0.05) is 0 Å². The number of ether oxygens (including phenoxy) is 1. The predicted molar refractivity (Wildman–Crippen MR) is 132 cm³/mol. The summed E-state index contributed by atoms with van der Waals surface area (Å²) in [5, 5.41) is 5.18. The normalized spacial score (nSPS) is 25.4. The van der Waals surface area contributed by atoms with Gasteiger partial charge in [0.2, 0.25) is 0 Å². The van der Waals surface area contributed by atoms with Gasteiger partial charge in [0.05, 0.1) is 11.6 Å². The summed E-state index contributed by atoms with van der Waals surface area (Å²) in [6.45, 7) is 2.70. The van der Waals surface area contributed by atoms with Crippen LogP contribution < -0.4 is 20.3 Å². The standard InChI is InChI=1S/C27H28F6N4O3/c1-25(2,40-20-7-4-15(28)9-19(20)27(31,32)33)24(39)35-16-10-17-5-6-18(11-16)37(17)22-8-3-14(13-34-22)23(38)36-21-12-26(21,29)30/h3-4,7-9,13,16-18,21H,5-6,10-12H2,1-2H3,(H,35,39)(H,36,38)/t16-,17+,18-,21?. The Balaban J connectivity index is 1.20. The summed E-state index contributed by atoms with van der Waals surface area (Å²) in [7, 11) is 0. The molecule has 3 heterocycles. The lowest BCUT2D eigenvalue weighted by atomic mass is 9.96. The molecule has 1 unspecified atom stereocenters. The molecule has 2 aliphatic heterocycles. The maximum Gasteiger partial charge on any atom is 0.420 e. The minimum absolute atomic E-state index is 0.0272. The fraction of sp³-hybridized carbons (Fsp3) is 0.519. The molecular weight excluding hydrogens is 542 g/mol. The highest BCUT2D eigenvalue weighted by atomic mass is 19.4. The number of hydrogen-bond donors (Lipinski definition) is 2. The number of carbonyl (C=O) groups is 2. The van der Waals surface area contributed by atoms with Crippen molar-refractivity contribution in [2.45, 2.75) is 87.8 Å². The molecule has 0 radical (unpaired) electrons. The van der Waals surface area contributed by atoms with Gasteiger partial charge in [-0.3, -0.25) is 9.59 Å². The minimum atomic E-state index is -4.86. The third-order valence-electron chi connectivity index (χ3n) is 7.63. The molecule has 2 saturated heterocycles. The number of anilines is 1. The van der Waals surface area contributed by atoms with Crippen LogP contribution in [-0.4, -0.2) is 52.5 Å². The summed E-state index contributed by atoms with van der Waals surface area (Å²) in [5.74, 6) is -5.16. The molecule has 0 spiro atoms. The Bertz CT molecular complexity index is 1290. The number of nitrogens with one attached hydrogen (secondary N) is 2. The highest BCUT2D eigenvalue weighted by Gasteiger charge is 2.58. The van der Waals surface area contributed by atoms with Crippen molar-refractivity contribution in [3.05, 3.63) is 53.5 Å². The number of aromatic nitrogens is 1. The molecule has 3 aliphatic rings. The van der Waals surface area contributed by atoms with Gasteiger partial charge in [0.25, 0.3) is 17.7 Å². The van der Waals surface area contributed by atoms with Crippen LogP contribution in [0.25, 0.3) is 0 Å². The number of alkyl halides is 5. The molecular formula is C27H28F6N4O3. The van der Waals surface area contributed by atoms with Crippen LogP contribution in [0.2, 0.25) is 0 Å². The van der Waals surface area contributed by atoms with E-state index in [9.17, 15) is 35.9 Å². The molecule has 1 aliphatic carbocycles. The summed E-state index contributed by atoms with van der Waals surface area (Å²) in [5.41, 5.74) is -2.80. The van der Waals surface area contributed by atoms with Crippen LogP contribution in [-0.2, 0) is 11.0 Å². The van der Waals surface area contributed by atoms with Crippen molar-refractivity contribution in [1.82, 2.24) is 15.6 Å². The largest absolute Gasteiger partial charge is 0.477 e. The Morgan fingerprint density at radius 3 is 2.25 bits per heavy atom. The number of amides is 2. The predicted octanol–water partition coefficient (Wildman–Crippen LogP) is 4.85. The average molecular weight is 571 g/mol. The molecule has 2 aromatic rings. The van der Waals surface area contributed by atoms with Gasteiger partial charge in [0, 0.05) is 30.7 Å². The van der Waals surface area contributed by atoms with Gasteiger partial charge < -0.3 is 20.3 Å². The van der Waals surface area contributed by atoms with Crippen LogP contribution in [0.1, 0.15) is 61.9 Å². The number of carbonyl (C=O) groups excluding carboxylic acids is 2. The maximum atomic E-state index is 13.5. The zero-order valence-electron chi connectivity index (χ0n) is 21.7. The number of hydrogen-bond acceptors (Lipinski definition) is 5. The minimum Gasteiger partial charge on any atom is -0.477 e. The van der Waals surface area contributed by atoms with Crippen LogP contribution in [0, 0.1) is 5.82 Å². The van der Waals surface area contributed by atoms with E-state index < -0.39 is 52.7 Å². The van der Waals surface area contributed by atoms with E-state index in [0.29, 0.717) is 24.7 Å². The Kier molecular flexibility index (Phi) is 6.90. The third-order valence-corrected chi connectivity index (χ3v) is 7.63. The number of piperidine rings is 1. The van der Waals surface area contributed by atoms with Gasteiger partial charge >= 0.3 is 6.18 Å². The average Bonchev–Trinajstić information content (AvgIpc) is 3.37. The summed E-state index contributed by atoms with van der Waals surface area (Å²) in [6, 6.07) is 3.87. The van der Waals surface area contributed by atoms with Crippen LogP contribution in [0.3, 0.4) is 0 Å². The summed E-state index contributed by atoms with van der Waals surface area (Å²) < 4.78 is 85.3. The number of rotatable bonds is 7. The lowest BCUT2D eigenvalue weighted by Crippen LogP contribution is -2.55. The molecule has 2 N–H and O–H groups in total. The van der Waals surface area contributed by atoms with Gasteiger partial charge in [-0.15, -0.1) is 0 Å². The van der Waals surface area contributed by atoms with E-state index in [2.05, 4.69) is 20.5 Å². The zero-order valence-corrected chi connectivity index (χ0v) is 21.7. The van der Waals surface area contributed by atoms with Crippen molar-refractivity contribution in [2.75, 3.05) is 4.90 Å². The molecule has 13 heteroatoms. The topological polar surface area (TPSA) is 83.6 Å². The van der Waals surface area contributed by atoms with Crippen LogP contribution >= 0.6 is 0 Å². The number of halogens is 6. The van der Waals surface area contributed by atoms with E-state index in [1.807, 2.05) is 0 Å². The Morgan fingerprint density at radius 2 is 1.70 bits per heavy atom. The second-order valence-electron chi connectivity index (χ2n) is 11.1. The summed E-state index contributed by atoms with van der Waals surface area (Å²) in [4.78, 5) is 31.8. The number of benzene rings is 1. The SMILES string of the molecule is CC(C)(Oc1ccc(F)cc1C(F)(F)F)C(=O)N[C@H]1C[C@H]2CC[C@@H](C1)N2c1ccc(C(=O)NC2CC2(F)F)cn1. The molecule has 4 atom stereocenters. The van der Waals surface area contributed by atoms with Crippen LogP contribution in [0.4, 0.5) is 32.2 Å². The van der Waals surface area contributed by atoms with Gasteiger partial charge in [0.1, 0.15) is 22.9 Å². The first-order valence-electron chi connectivity index (χ1n) is 12.9. The molecule has 1 aromatic carbocycles. The number of fused-ring (bicyclic) bond motifs is 2. The fourth-order valence-corrected chi connectivity index (χ4v) is 5.45. The highest BCUT2D eigenvalue weighted by molar-refractivity contribution is 5.94.